The minimum atomic E-state index is -0.118. The van der Waals surface area contributed by atoms with Crippen molar-refractivity contribution in [3.8, 4) is 0 Å². The molecule has 0 fully saturated rings. The maximum absolute atomic E-state index is 6.13. The van der Waals surface area contributed by atoms with Crippen molar-refractivity contribution in [2.75, 3.05) is 6.61 Å². The molecule has 2 atom stereocenters. The van der Waals surface area contributed by atoms with Crippen LogP contribution in [0.1, 0.15) is 104 Å². The van der Waals surface area contributed by atoms with Gasteiger partial charge in [-0.05, 0) is 19.3 Å². The normalized spacial score (nSPS) is 13.5. The van der Waals surface area contributed by atoms with Crippen LogP contribution in [0, 0.1) is 0 Å². The van der Waals surface area contributed by atoms with Crippen molar-refractivity contribution < 1.29 is 9.47 Å². The lowest BCUT2D eigenvalue weighted by Crippen LogP contribution is -2.24. The van der Waals surface area contributed by atoms with Gasteiger partial charge in [-0.25, -0.2) is 0 Å². The molecule has 0 spiro atoms. The minimum absolute atomic E-state index is 0.111. The molecule has 0 aromatic rings. The molecule has 25 heavy (non-hydrogen) atoms. The average Bonchev–Trinajstić information content (AvgIpc) is 2.63. The van der Waals surface area contributed by atoms with Gasteiger partial charge in [-0.1, -0.05) is 96.6 Å². The van der Waals surface area contributed by atoms with E-state index in [9.17, 15) is 0 Å². The summed E-state index contributed by atoms with van der Waals surface area (Å²) in [4.78, 5) is 0. The van der Waals surface area contributed by atoms with Gasteiger partial charge >= 0.3 is 0 Å². The van der Waals surface area contributed by atoms with Gasteiger partial charge in [-0.15, -0.1) is 13.2 Å². The molecule has 0 heterocycles. The molecule has 0 amide bonds. The zero-order valence-electron chi connectivity index (χ0n) is 17.1. The highest BCUT2D eigenvalue weighted by molar-refractivity contribution is 4.80. The first-order valence-electron chi connectivity index (χ1n) is 10.8. The first-order valence-corrected chi connectivity index (χ1v) is 10.8. The monoisotopic (exact) mass is 352 g/mol. The molecule has 0 bridgehead atoms. The van der Waals surface area contributed by atoms with Crippen molar-refractivity contribution in [2.24, 2.45) is 0 Å². The molecule has 0 saturated heterocycles. The fraction of sp³-hybridized carbons (Fsp3) is 0.826. The Morgan fingerprint density at radius 3 is 1.80 bits per heavy atom. The van der Waals surface area contributed by atoms with Gasteiger partial charge < -0.3 is 9.47 Å². The number of rotatable bonds is 20. The highest BCUT2D eigenvalue weighted by Crippen LogP contribution is 2.17. The van der Waals surface area contributed by atoms with Crippen LogP contribution < -0.4 is 0 Å². The van der Waals surface area contributed by atoms with Crippen LogP contribution in [0.3, 0.4) is 0 Å². The molecule has 2 heteroatoms. The Morgan fingerprint density at radius 2 is 1.24 bits per heavy atom. The van der Waals surface area contributed by atoms with Gasteiger partial charge in [0.05, 0.1) is 12.7 Å². The van der Waals surface area contributed by atoms with Gasteiger partial charge in [0.1, 0.15) is 0 Å². The molecule has 0 radical (unpaired) electrons. The van der Waals surface area contributed by atoms with Crippen LogP contribution in [-0.4, -0.2) is 19.0 Å². The van der Waals surface area contributed by atoms with Crippen LogP contribution in [-0.2, 0) is 9.47 Å². The lowest BCUT2D eigenvalue weighted by molar-refractivity contribution is -0.158. The van der Waals surface area contributed by atoms with Gasteiger partial charge in [-0.2, -0.15) is 0 Å². The number of hydrogen-bond donors (Lipinski definition) is 0. The maximum Gasteiger partial charge on any atom is 0.158 e. The summed E-state index contributed by atoms with van der Waals surface area (Å²) in [6.45, 7) is 12.7. The van der Waals surface area contributed by atoms with Crippen LogP contribution in [0.25, 0.3) is 0 Å². The van der Waals surface area contributed by atoms with E-state index in [2.05, 4.69) is 27.0 Å². The molecule has 0 rings (SSSR count). The number of hydrogen-bond acceptors (Lipinski definition) is 2. The van der Waals surface area contributed by atoms with Gasteiger partial charge in [-0.3, -0.25) is 0 Å². The molecule has 0 saturated carbocycles. The summed E-state index contributed by atoms with van der Waals surface area (Å²) in [7, 11) is 0. The summed E-state index contributed by atoms with van der Waals surface area (Å²) in [6, 6.07) is 0. The zero-order valence-corrected chi connectivity index (χ0v) is 17.1. The largest absolute Gasteiger partial charge is 0.349 e. The second-order valence-electron chi connectivity index (χ2n) is 7.07. The topological polar surface area (TPSA) is 18.5 Å². The molecule has 148 valence electrons. The molecule has 0 N–H and O–H groups in total. The van der Waals surface area contributed by atoms with Crippen LogP contribution in [0.2, 0.25) is 0 Å². The predicted octanol–water partition coefficient (Wildman–Crippen LogP) is 7.59. The summed E-state index contributed by atoms with van der Waals surface area (Å²) in [6.07, 6.45) is 21.5. The summed E-state index contributed by atoms with van der Waals surface area (Å²) in [5, 5.41) is 0. The van der Waals surface area contributed by atoms with Crippen LogP contribution >= 0.6 is 0 Å². The van der Waals surface area contributed by atoms with Gasteiger partial charge in [0.15, 0.2) is 6.29 Å². The van der Waals surface area contributed by atoms with E-state index in [4.69, 9.17) is 9.47 Å². The fourth-order valence-corrected chi connectivity index (χ4v) is 3.02. The first kappa shape index (κ1) is 24.4. The summed E-state index contributed by atoms with van der Waals surface area (Å²) < 4.78 is 11.9. The Balaban J connectivity index is 3.89. The third-order valence-electron chi connectivity index (χ3n) is 4.63. The standard InChI is InChI=1S/C23H44O2/c1-5-9-11-12-13-14-15-16-18-20-23(24-21-7-3)25-22(8-4)19-17-10-6-2/h7-8,22-23H,3-6,9-21H2,1-2H3. The number of unbranched alkanes of at least 4 members (excludes halogenated alkanes) is 10. The molecule has 0 aromatic heterocycles. The quantitative estimate of drug-likeness (QED) is 0.128. The summed E-state index contributed by atoms with van der Waals surface area (Å²) in [5.41, 5.74) is 0. The van der Waals surface area contributed by atoms with E-state index in [-0.39, 0.29) is 12.4 Å². The molecule has 0 aliphatic rings. The zero-order chi connectivity index (χ0) is 18.6. The van der Waals surface area contributed by atoms with E-state index < -0.39 is 0 Å². The Morgan fingerprint density at radius 1 is 0.720 bits per heavy atom. The summed E-state index contributed by atoms with van der Waals surface area (Å²) >= 11 is 0. The Hall–Kier alpha value is -0.600. The first-order chi connectivity index (χ1) is 12.3. The Bertz CT molecular complexity index is 288. The molecular formula is C23H44O2. The Kier molecular flexibility index (Phi) is 19.2. The third kappa shape index (κ3) is 16.6. The highest BCUT2D eigenvalue weighted by atomic mass is 16.7. The predicted molar refractivity (Wildman–Crippen MR) is 111 cm³/mol. The second-order valence-corrected chi connectivity index (χ2v) is 7.07. The van der Waals surface area contributed by atoms with Crippen LogP contribution in [0.5, 0.6) is 0 Å². The van der Waals surface area contributed by atoms with Gasteiger partial charge in [0, 0.05) is 0 Å². The smallest absolute Gasteiger partial charge is 0.158 e. The fourth-order valence-electron chi connectivity index (χ4n) is 3.02. The molecular weight excluding hydrogens is 308 g/mol. The van der Waals surface area contributed by atoms with Crippen molar-refractivity contribution >= 4 is 0 Å². The van der Waals surface area contributed by atoms with Gasteiger partial charge in [0.2, 0.25) is 0 Å². The van der Waals surface area contributed by atoms with E-state index in [1.165, 1.54) is 77.0 Å². The number of ether oxygens (including phenoxy) is 2. The molecule has 2 unspecified atom stereocenters. The lowest BCUT2D eigenvalue weighted by Gasteiger charge is -2.23. The van der Waals surface area contributed by atoms with E-state index >= 15 is 0 Å². The van der Waals surface area contributed by atoms with E-state index in [1.807, 2.05) is 6.08 Å². The van der Waals surface area contributed by atoms with Crippen molar-refractivity contribution in [2.45, 2.75) is 116 Å². The SMILES string of the molecule is C=CCOC(CCCCCCCCCCC)OC(C=C)CCCCC. The molecule has 2 nitrogen and oxygen atoms in total. The van der Waals surface area contributed by atoms with Crippen molar-refractivity contribution in [1.29, 1.82) is 0 Å². The average molecular weight is 353 g/mol. The van der Waals surface area contributed by atoms with Gasteiger partial charge in [0.25, 0.3) is 0 Å². The van der Waals surface area contributed by atoms with E-state index in [0.29, 0.717) is 6.61 Å². The maximum atomic E-state index is 6.13. The molecule has 0 aromatic carbocycles. The van der Waals surface area contributed by atoms with Crippen molar-refractivity contribution in [3.63, 3.8) is 0 Å². The van der Waals surface area contributed by atoms with Crippen molar-refractivity contribution in [1.82, 2.24) is 0 Å². The van der Waals surface area contributed by atoms with Crippen LogP contribution in [0.4, 0.5) is 0 Å². The molecule has 0 aliphatic heterocycles. The van der Waals surface area contributed by atoms with Crippen LogP contribution in [0.15, 0.2) is 25.3 Å². The second kappa shape index (κ2) is 19.7. The highest BCUT2D eigenvalue weighted by Gasteiger charge is 2.14. The lowest BCUT2D eigenvalue weighted by atomic mass is 10.1. The van der Waals surface area contributed by atoms with E-state index in [0.717, 1.165) is 12.8 Å². The molecule has 0 aliphatic carbocycles. The van der Waals surface area contributed by atoms with E-state index in [1.54, 1.807) is 6.08 Å². The Labute approximate surface area is 158 Å². The van der Waals surface area contributed by atoms with Crippen molar-refractivity contribution in [3.05, 3.63) is 25.3 Å². The minimum Gasteiger partial charge on any atom is -0.349 e. The summed E-state index contributed by atoms with van der Waals surface area (Å²) in [5.74, 6) is 0. The third-order valence-corrected chi connectivity index (χ3v) is 4.63.